The van der Waals surface area contributed by atoms with Crippen molar-refractivity contribution < 1.29 is 24.6 Å². The van der Waals surface area contributed by atoms with Gasteiger partial charge in [0.05, 0.1) is 0 Å². The number of carbonyl (C=O) groups excluding carboxylic acids is 2. The van der Waals surface area contributed by atoms with Crippen molar-refractivity contribution in [1.29, 1.82) is 0 Å². The van der Waals surface area contributed by atoms with E-state index in [-0.39, 0.29) is 30.1 Å². The Morgan fingerprint density at radius 1 is 0.897 bits per heavy atom. The summed E-state index contributed by atoms with van der Waals surface area (Å²) in [7, 11) is 0. The molecule has 0 aliphatic carbocycles. The van der Waals surface area contributed by atoms with Crippen molar-refractivity contribution in [3.8, 4) is 11.8 Å². The van der Waals surface area contributed by atoms with Crippen LogP contribution in [0.15, 0.2) is 12.1 Å². The Balaban J connectivity index is 2.43. The third-order valence-corrected chi connectivity index (χ3v) is 5.08. The number of nitrogens with one attached hydrogen (secondary N) is 1. The van der Waals surface area contributed by atoms with E-state index in [9.17, 15) is 19.8 Å². The van der Waals surface area contributed by atoms with Gasteiger partial charge in [-0.05, 0) is 12.8 Å². The quantitative estimate of drug-likeness (QED) is 0.353. The summed E-state index contributed by atoms with van der Waals surface area (Å²) in [5.41, 5.74) is 0. The standard InChI is InChI=1S/C22H38N2O5/c1-3-5-7-9-10-12-14-18(13-11-8-6-4-2)22(28)23-17-21(27)29-24-19(25)15-16-20(24)26/h15-16,18,25-26H,3-14,17H2,1-2H3,(H,23,28). The summed E-state index contributed by atoms with van der Waals surface area (Å²) in [6, 6.07) is 2.40. The molecular formula is C22H38N2O5. The molecule has 1 unspecified atom stereocenters. The topological polar surface area (TPSA) is 101 Å². The third-order valence-electron chi connectivity index (χ3n) is 5.08. The van der Waals surface area contributed by atoms with Crippen LogP contribution in [0, 0.1) is 5.92 Å². The van der Waals surface area contributed by atoms with Crippen LogP contribution in [0.3, 0.4) is 0 Å². The maximum atomic E-state index is 12.6. The van der Waals surface area contributed by atoms with Gasteiger partial charge in [-0.1, -0.05) is 78.1 Å². The normalized spacial score (nSPS) is 11.9. The molecule has 166 valence electrons. The lowest BCUT2D eigenvalue weighted by atomic mass is 9.93. The van der Waals surface area contributed by atoms with Crippen LogP contribution in [0.5, 0.6) is 11.8 Å². The molecule has 1 rings (SSSR count). The lowest BCUT2D eigenvalue weighted by molar-refractivity contribution is -0.146. The number of aromatic nitrogens is 1. The zero-order chi connectivity index (χ0) is 21.5. The van der Waals surface area contributed by atoms with E-state index >= 15 is 0 Å². The zero-order valence-electron chi connectivity index (χ0n) is 18.0. The molecule has 0 radical (unpaired) electrons. The molecule has 1 aromatic heterocycles. The maximum absolute atomic E-state index is 12.6. The summed E-state index contributed by atoms with van der Waals surface area (Å²) in [5.74, 6) is -1.77. The highest BCUT2D eigenvalue weighted by Crippen LogP contribution is 2.20. The third kappa shape index (κ3) is 10.2. The molecule has 0 saturated heterocycles. The number of unbranched alkanes of at least 4 members (excludes halogenated alkanes) is 8. The van der Waals surface area contributed by atoms with Crippen LogP contribution in [0.2, 0.25) is 0 Å². The predicted molar refractivity (Wildman–Crippen MR) is 113 cm³/mol. The average Bonchev–Trinajstić information content (AvgIpc) is 3.02. The van der Waals surface area contributed by atoms with E-state index in [4.69, 9.17) is 4.84 Å². The molecule has 0 saturated carbocycles. The van der Waals surface area contributed by atoms with Crippen molar-refractivity contribution in [3.05, 3.63) is 12.1 Å². The molecular weight excluding hydrogens is 372 g/mol. The van der Waals surface area contributed by atoms with E-state index < -0.39 is 5.97 Å². The lowest BCUT2D eigenvalue weighted by Crippen LogP contribution is -2.37. The molecule has 1 heterocycles. The molecule has 1 aromatic rings. The average molecular weight is 411 g/mol. The van der Waals surface area contributed by atoms with Gasteiger partial charge < -0.3 is 20.4 Å². The summed E-state index contributed by atoms with van der Waals surface area (Å²) < 4.78 is 0.618. The van der Waals surface area contributed by atoms with Gasteiger partial charge in [0.2, 0.25) is 17.7 Å². The van der Waals surface area contributed by atoms with Crippen LogP contribution >= 0.6 is 0 Å². The molecule has 3 N–H and O–H groups in total. The second-order valence-electron chi connectivity index (χ2n) is 7.63. The van der Waals surface area contributed by atoms with Gasteiger partial charge in [0.15, 0.2) is 0 Å². The number of hydrogen-bond donors (Lipinski definition) is 3. The van der Waals surface area contributed by atoms with Gasteiger partial charge in [-0.2, -0.15) is 0 Å². The molecule has 1 amide bonds. The summed E-state index contributed by atoms with van der Waals surface area (Å²) in [6.07, 6.45) is 13.2. The SMILES string of the molecule is CCCCCCCCC(CCCCCC)C(=O)NCC(=O)On1c(O)ccc1O. The fraction of sp³-hybridized carbons (Fsp3) is 0.727. The molecule has 7 nitrogen and oxygen atoms in total. The van der Waals surface area contributed by atoms with E-state index in [1.165, 1.54) is 44.2 Å². The molecule has 7 heteroatoms. The van der Waals surface area contributed by atoms with E-state index in [0.29, 0.717) is 4.73 Å². The first-order valence-corrected chi connectivity index (χ1v) is 11.1. The van der Waals surface area contributed by atoms with Crippen LogP contribution in [0.25, 0.3) is 0 Å². The molecule has 0 spiro atoms. The summed E-state index contributed by atoms with van der Waals surface area (Å²) in [5, 5.41) is 21.6. The van der Waals surface area contributed by atoms with Crippen molar-refractivity contribution >= 4 is 11.9 Å². The molecule has 0 aromatic carbocycles. The smallest absolute Gasteiger partial charge is 0.352 e. The molecule has 0 bridgehead atoms. The minimum absolute atomic E-state index is 0.0979. The van der Waals surface area contributed by atoms with Gasteiger partial charge in [0.1, 0.15) is 6.54 Å². The number of carbonyl (C=O) groups is 2. The number of amides is 1. The highest BCUT2D eigenvalue weighted by atomic mass is 16.7. The molecule has 29 heavy (non-hydrogen) atoms. The van der Waals surface area contributed by atoms with E-state index in [2.05, 4.69) is 19.2 Å². The Morgan fingerprint density at radius 2 is 1.38 bits per heavy atom. The number of rotatable bonds is 16. The molecule has 0 aliphatic rings. The van der Waals surface area contributed by atoms with Gasteiger partial charge in [-0.3, -0.25) is 4.79 Å². The minimum Gasteiger partial charge on any atom is -0.492 e. The minimum atomic E-state index is -0.760. The first-order valence-electron chi connectivity index (χ1n) is 11.1. The Bertz CT molecular complexity index is 581. The molecule has 0 aliphatic heterocycles. The van der Waals surface area contributed by atoms with Gasteiger partial charge in [0.25, 0.3) is 0 Å². The van der Waals surface area contributed by atoms with E-state index in [1.54, 1.807) is 0 Å². The monoisotopic (exact) mass is 410 g/mol. The van der Waals surface area contributed by atoms with E-state index in [1.807, 2.05) is 0 Å². The highest BCUT2D eigenvalue weighted by molar-refractivity contribution is 5.83. The van der Waals surface area contributed by atoms with Gasteiger partial charge >= 0.3 is 5.97 Å². The first-order chi connectivity index (χ1) is 14.0. The second-order valence-corrected chi connectivity index (χ2v) is 7.63. The summed E-state index contributed by atoms with van der Waals surface area (Å²) in [4.78, 5) is 29.4. The number of aromatic hydroxyl groups is 2. The van der Waals surface area contributed by atoms with Crippen LogP contribution in [-0.2, 0) is 9.59 Å². The first kappa shape index (κ1) is 24.9. The molecule has 0 fully saturated rings. The van der Waals surface area contributed by atoms with Crippen LogP contribution in [-0.4, -0.2) is 33.4 Å². The Kier molecular flexibility index (Phi) is 12.7. The van der Waals surface area contributed by atoms with Crippen molar-refractivity contribution in [2.75, 3.05) is 6.54 Å². The van der Waals surface area contributed by atoms with Crippen molar-refractivity contribution in [2.24, 2.45) is 5.92 Å². The van der Waals surface area contributed by atoms with Crippen molar-refractivity contribution in [2.45, 2.75) is 90.9 Å². The van der Waals surface area contributed by atoms with Gasteiger partial charge in [0, 0.05) is 18.1 Å². The summed E-state index contributed by atoms with van der Waals surface area (Å²) >= 11 is 0. The number of hydrogen-bond acceptors (Lipinski definition) is 5. The van der Waals surface area contributed by atoms with E-state index in [0.717, 1.165) is 44.9 Å². The zero-order valence-corrected chi connectivity index (χ0v) is 18.0. The van der Waals surface area contributed by atoms with Crippen LogP contribution in [0.4, 0.5) is 0 Å². The van der Waals surface area contributed by atoms with Crippen molar-refractivity contribution in [3.63, 3.8) is 0 Å². The molecule has 1 atom stereocenters. The maximum Gasteiger partial charge on any atom is 0.352 e. The van der Waals surface area contributed by atoms with Crippen molar-refractivity contribution in [1.82, 2.24) is 10.0 Å². The highest BCUT2D eigenvalue weighted by Gasteiger charge is 2.19. The number of nitrogens with zero attached hydrogens (tertiary/aromatic N) is 1. The van der Waals surface area contributed by atoms with Gasteiger partial charge in [-0.25, -0.2) is 4.79 Å². The van der Waals surface area contributed by atoms with Gasteiger partial charge in [-0.15, -0.1) is 4.73 Å². The fourth-order valence-electron chi connectivity index (χ4n) is 3.33. The Labute approximate surface area is 174 Å². The van der Waals surface area contributed by atoms with Crippen LogP contribution in [0.1, 0.15) is 90.9 Å². The predicted octanol–water partition coefficient (Wildman–Crippen LogP) is 4.31. The Morgan fingerprint density at radius 3 is 1.93 bits per heavy atom. The van der Waals surface area contributed by atoms with Crippen LogP contribution < -0.4 is 10.2 Å². The largest absolute Gasteiger partial charge is 0.492 e. The summed E-state index contributed by atoms with van der Waals surface area (Å²) in [6.45, 7) is 4.05. The lowest BCUT2D eigenvalue weighted by Gasteiger charge is -2.17. The Hall–Kier alpha value is -2.18. The fourth-order valence-corrected chi connectivity index (χ4v) is 3.33. The second kappa shape index (κ2) is 14.8.